The van der Waals surface area contributed by atoms with Gasteiger partial charge in [-0.05, 0) is 23.8 Å². The number of nitrogens with one attached hydrogen (secondary N) is 1. The minimum Gasteiger partial charge on any atom is -0.460 e. The lowest BCUT2D eigenvalue weighted by molar-refractivity contribution is 0.509. The van der Waals surface area contributed by atoms with E-state index in [0.717, 1.165) is 28.5 Å². The van der Waals surface area contributed by atoms with E-state index in [4.69, 9.17) is 16.0 Å². The standard InChI is InChI=1S/C14H15ClN2O/c1-2-12-7-8-13(18-12)10-17-16-9-11-5-3-4-6-14(11)15/h3-8,10,16H,2,9H2,1H3/b17-10-. The van der Waals surface area contributed by atoms with Crippen LogP contribution in [-0.2, 0) is 13.0 Å². The van der Waals surface area contributed by atoms with E-state index in [1.165, 1.54) is 0 Å². The smallest absolute Gasteiger partial charge is 0.147 e. The Morgan fingerprint density at radius 2 is 2.11 bits per heavy atom. The lowest BCUT2D eigenvalue weighted by Gasteiger charge is -2.02. The van der Waals surface area contributed by atoms with Crippen LogP contribution in [0.4, 0.5) is 0 Å². The Morgan fingerprint density at radius 3 is 2.83 bits per heavy atom. The average Bonchev–Trinajstić information content (AvgIpc) is 2.84. The summed E-state index contributed by atoms with van der Waals surface area (Å²) in [6.07, 6.45) is 2.55. The Labute approximate surface area is 111 Å². The maximum Gasteiger partial charge on any atom is 0.147 e. The molecule has 94 valence electrons. The number of benzene rings is 1. The van der Waals surface area contributed by atoms with Gasteiger partial charge in [0.2, 0.25) is 0 Å². The summed E-state index contributed by atoms with van der Waals surface area (Å²) >= 11 is 6.03. The van der Waals surface area contributed by atoms with Crippen LogP contribution in [0.2, 0.25) is 5.02 Å². The van der Waals surface area contributed by atoms with Gasteiger partial charge < -0.3 is 9.84 Å². The third-order valence-corrected chi connectivity index (χ3v) is 2.91. The van der Waals surface area contributed by atoms with Crippen LogP contribution >= 0.6 is 11.6 Å². The summed E-state index contributed by atoms with van der Waals surface area (Å²) in [7, 11) is 0. The van der Waals surface area contributed by atoms with Crippen LogP contribution < -0.4 is 5.43 Å². The Kier molecular flexibility index (Phi) is 4.42. The molecule has 0 saturated carbocycles. The van der Waals surface area contributed by atoms with Crippen molar-refractivity contribution in [1.29, 1.82) is 0 Å². The number of rotatable bonds is 5. The lowest BCUT2D eigenvalue weighted by Crippen LogP contribution is -2.05. The number of hydrogen-bond donors (Lipinski definition) is 1. The molecule has 2 rings (SSSR count). The molecule has 4 heteroatoms. The molecule has 0 aliphatic heterocycles. The fourth-order valence-corrected chi connectivity index (χ4v) is 1.74. The van der Waals surface area contributed by atoms with Crippen molar-refractivity contribution in [2.75, 3.05) is 0 Å². The number of hydrazone groups is 1. The summed E-state index contributed by atoms with van der Waals surface area (Å²) < 4.78 is 5.49. The van der Waals surface area contributed by atoms with Crippen LogP contribution in [0.1, 0.15) is 24.0 Å². The zero-order valence-electron chi connectivity index (χ0n) is 10.2. The fourth-order valence-electron chi connectivity index (χ4n) is 1.54. The summed E-state index contributed by atoms with van der Waals surface area (Å²) in [4.78, 5) is 0. The average molecular weight is 263 g/mol. The van der Waals surface area contributed by atoms with Gasteiger partial charge >= 0.3 is 0 Å². The van der Waals surface area contributed by atoms with Crippen LogP contribution in [0, 0.1) is 0 Å². The number of hydrogen-bond acceptors (Lipinski definition) is 3. The molecule has 0 bridgehead atoms. The molecule has 1 aromatic carbocycles. The highest BCUT2D eigenvalue weighted by Gasteiger charge is 1.98. The van der Waals surface area contributed by atoms with Gasteiger partial charge in [0, 0.05) is 11.4 Å². The van der Waals surface area contributed by atoms with Gasteiger partial charge in [-0.3, -0.25) is 0 Å². The molecule has 3 nitrogen and oxygen atoms in total. The van der Waals surface area contributed by atoms with Crippen molar-refractivity contribution in [2.24, 2.45) is 5.10 Å². The van der Waals surface area contributed by atoms with Gasteiger partial charge in [0.25, 0.3) is 0 Å². The second-order valence-electron chi connectivity index (χ2n) is 3.84. The summed E-state index contributed by atoms with van der Waals surface area (Å²) in [6, 6.07) is 11.5. The Balaban J connectivity index is 1.87. The van der Waals surface area contributed by atoms with Crippen LogP contribution in [0.5, 0.6) is 0 Å². The highest BCUT2D eigenvalue weighted by atomic mass is 35.5. The van der Waals surface area contributed by atoms with Crippen molar-refractivity contribution >= 4 is 17.8 Å². The molecule has 0 radical (unpaired) electrons. The summed E-state index contributed by atoms with van der Waals surface area (Å²) in [5, 5.41) is 4.84. The van der Waals surface area contributed by atoms with Crippen LogP contribution in [0.25, 0.3) is 0 Å². The third kappa shape index (κ3) is 3.37. The second-order valence-corrected chi connectivity index (χ2v) is 4.25. The second kappa shape index (κ2) is 6.26. The largest absolute Gasteiger partial charge is 0.460 e. The molecule has 1 N–H and O–H groups in total. The number of aryl methyl sites for hydroxylation is 1. The van der Waals surface area contributed by atoms with Crippen molar-refractivity contribution in [1.82, 2.24) is 5.43 Å². The molecule has 1 heterocycles. The fraction of sp³-hybridized carbons (Fsp3) is 0.214. The summed E-state index contributed by atoms with van der Waals surface area (Å²) in [6.45, 7) is 2.65. The third-order valence-electron chi connectivity index (χ3n) is 2.54. The normalized spacial score (nSPS) is 11.0. The predicted molar refractivity (Wildman–Crippen MR) is 74.0 cm³/mol. The first-order valence-electron chi connectivity index (χ1n) is 5.87. The minimum absolute atomic E-state index is 0.595. The molecule has 0 spiro atoms. The molecule has 0 unspecified atom stereocenters. The van der Waals surface area contributed by atoms with E-state index in [1.54, 1.807) is 6.21 Å². The lowest BCUT2D eigenvalue weighted by atomic mass is 10.2. The molecule has 0 atom stereocenters. The van der Waals surface area contributed by atoms with E-state index < -0.39 is 0 Å². The molecule has 18 heavy (non-hydrogen) atoms. The van der Waals surface area contributed by atoms with Crippen molar-refractivity contribution < 1.29 is 4.42 Å². The molecular formula is C14H15ClN2O. The van der Waals surface area contributed by atoms with E-state index in [1.807, 2.05) is 36.4 Å². The SMILES string of the molecule is CCc1ccc(/C=N\NCc2ccccc2Cl)o1. The van der Waals surface area contributed by atoms with Gasteiger partial charge in [-0.2, -0.15) is 5.10 Å². The van der Waals surface area contributed by atoms with E-state index in [0.29, 0.717) is 6.54 Å². The van der Waals surface area contributed by atoms with E-state index in [9.17, 15) is 0 Å². The van der Waals surface area contributed by atoms with Gasteiger partial charge in [0.05, 0.1) is 12.8 Å². The van der Waals surface area contributed by atoms with E-state index >= 15 is 0 Å². The van der Waals surface area contributed by atoms with Crippen molar-refractivity contribution in [2.45, 2.75) is 19.9 Å². The first kappa shape index (κ1) is 12.7. The minimum atomic E-state index is 0.595. The van der Waals surface area contributed by atoms with Crippen LogP contribution in [0.3, 0.4) is 0 Å². The van der Waals surface area contributed by atoms with Gasteiger partial charge in [-0.25, -0.2) is 0 Å². The van der Waals surface area contributed by atoms with Crippen LogP contribution in [-0.4, -0.2) is 6.21 Å². The molecule has 0 amide bonds. The van der Waals surface area contributed by atoms with E-state index in [-0.39, 0.29) is 0 Å². The van der Waals surface area contributed by atoms with Crippen molar-refractivity contribution in [3.05, 3.63) is 58.5 Å². The number of halogens is 1. The zero-order valence-corrected chi connectivity index (χ0v) is 10.9. The molecule has 0 fully saturated rings. The quantitative estimate of drug-likeness (QED) is 0.660. The number of furan rings is 1. The summed E-state index contributed by atoms with van der Waals surface area (Å²) in [5.41, 5.74) is 3.96. The van der Waals surface area contributed by atoms with Crippen LogP contribution in [0.15, 0.2) is 45.9 Å². The maximum absolute atomic E-state index is 6.03. The molecule has 0 saturated heterocycles. The topological polar surface area (TPSA) is 37.5 Å². The van der Waals surface area contributed by atoms with Gasteiger partial charge in [-0.15, -0.1) is 0 Å². The van der Waals surface area contributed by atoms with Gasteiger partial charge in [0.1, 0.15) is 11.5 Å². The van der Waals surface area contributed by atoms with Gasteiger partial charge in [-0.1, -0.05) is 36.7 Å². The maximum atomic E-state index is 6.03. The van der Waals surface area contributed by atoms with Crippen molar-refractivity contribution in [3.8, 4) is 0 Å². The van der Waals surface area contributed by atoms with Crippen molar-refractivity contribution in [3.63, 3.8) is 0 Å². The highest BCUT2D eigenvalue weighted by molar-refractivity contribution is 6.31. The highest BCUT2D eigenvalue weighted by Crippen LogP contribution is 2.14. The van der Waals surface area contributed by atoms with E-state index in [2.05, 4.69) is 17.5 Å². The Hall–Kier alpha value is -1.74. The molecule has 0 aliphatic rings. The number of nitrogens with zero attached hydrogens (tertiary/aromatic N) is 1. The predicted octanol–water partition coefficient (Wildman–Crippen LogP) is 3.62. The Bertz CT molecular complexity index is 534. The summed E-state index contributed by atoms with van der Waals surface area (Å²) in [5.74, 6) is 1.71. The Morgan fingerprint density at radius 1 is 1.28 bits per heavy atom. The first-order valence-corrected chi connectivity index (χ1v) is 6.25. The monoisotopic (exact) mass is 262 g/mol. The zero-order chi connectivity index (χ0) is 12.8. The van der Waals surface area contributed by atoms with Gasteiger partial charge in [0.15, 0.2) is 0 Å². The first-order chi connectivity index (χ1) is 8.79. The molecule has 2 aromatic rings. The molecular weight excluding hydrogens is 248 g/mol. The molecule has 1 aromatic heterocycles. The molecule has 0 aliphatic carbocycles.